The second-order valence-corrected chi connectivity index (χ2v) is 4.21. The average Bonchev–Trinajstić information content (AvgIpc) is 2.29. The maximum absolute atomic E-state index is 11.7. The number of Topliss-reactive ketones (excluding diaryl/α,β-unsaturated/α-hetero) is 1. The van der Waals surface area contributed by atoms with Crippen molar-refractivity contribution in [2.24, 2.45) is 5.92 Å². The number of rotatable bonds is 6. The molecule has 1 rings (SSSR count). The van der Waals surface area contributed by atoms with Gasteiger partial charge in [0.2, 0.25) is 0 Å². The lowest BCUT2D eigenvalue weighted by molar-refractivity contribution is -0.309. The van der Waals surface area contributed by atoms with Crippen molar-refractivity contribution in [1.82, 2.24) is 5.32 Å². The number of hydrogen-bond donors (Lipinski definition) is 1. The van der Waals surface area contributed by atoms with Crippen molar-refractivity contribution in [1.29, 1.82) is 0 Å². The van der Waals surface area contributed by atoms with E-state index in [0.717, 1.165) is 0 Å². The first-order valence-corrected chi connectivity index (χ1v) is 5.55. The number of carbonyl (C=O) groups excluding carboxylic acids is 2. The Labute approximate surface area is 101 Å². The van der Waals surface area contributed by atoms with Crippen LogP contribution in [0.5, 0.6) is 0 Å². The first-order valence-electron chi connectivity index (χ1n) is 5.55. The van der Waals surface area contributed by atoms with Crippen LogP contribution >= 0.6 is 0 Å². The Morgan fingerprint density at radius 3 is 2.29 bits per heavy atom. The first-order chi connectivity index (χ1) is 8.02. The molecule has 0 amide bonds. The largest absolute Gasteiger partial charge is 0.548 e. The molecule has 1 unspecified atom stereocenters. The van der Waals surface area contributed by atoms with Crippen LogP contribution in [0.15, 0.2) is 30.3 Å². The second-order valence-electron chi connectivity index (χ2n) is 4.21. The minimum absolute atomic E-state index is 0.000833. The van der Waals surface area contributed by atoms with Crippen LogP contribution in [0.4, 0.5) is 0 Å². The first kappa shape index (κ1) is 13.4. The normalized spacial score (nSPS) is 12.4. The Morgan fingerprint density at radius 1 is 1.24 bits per heavy atom. The summed E-state index contributed by atoms with van der Waals surface area (Å²) in [5.74, 6) is -1.43. The summed E-state index contributed by atoms with van der Waals surface area (Å²) in [7, 11) is 0. The van der Waals surface area contributed by atoms with E-state index in [4.69, 9.17) is 0 Å². The van der Waals surface area contributed by atoms with Gasteiger partial charge in [0.05, 0.1) is 12.5 Å². The van der Waals surface area contributed by atoms with Crippen LogP contribution in [0.25, 0.3) is 0 Å². The lowest BCUT2D eigenvalue weighted by Crippen LogP contribution is -2.50. The molecule has 0 aromatic heterocycles. The Hall–Kier alpha value is -1.68. The van der Waals surface area contributed by atoms with Crippen LogP contribution in [-0.2, 0) is 4.79 Å². The van der Waals surface area contributed by atoms with Crippen molar-refractivity contribution < 1.29 is 14.7 Å². The van der Waals surface area contributed by atoms with Gasteiger partial charge in [-0.3, -0.25) is 4.79 Å². The SMILES string of the molecule is CC(C)C(NCC(=O)c1ccccc1)C(=O)[O-]. The molecule has 1 aromatic carbocycles. The summed E-state index contributed by atoms with van der Waals surface area (Å²) >= 11 is 0. The van der Waals surface area contributed by atoms with E-state index >= 15 is 0 Å². The number of hydrogen-bond acceptors (Lipinski definition) is 4. The number of ketones is 1. The topological polar surface area (TPSA) is 69.2 Å². The zero-order chi connectivity index (χ0) is 12.8. The van der Waals surface area contributed by atoms with E-state index in [-0.39, 0.29) is 18.2 Å². The van der Waals surface area contributed by atoms with E-state index in [9.17, 15) is 14.7 Å². The average molecular weight is 234 g/mol. The van der Waals surface area contributed by atoms with Gasteiger partial charge in [-0.15, -0.1) is 0 Å². The maximum Gasteiger partial charge on any atom is 0.176 e. The van der Waals surface area contributed by atoms with Gasteiger partial charge in [-0.05, 0) is 5.92 Å². The maximum atomic E-state index is 11.7. The summed E-state index contributed by atoms with van der Waals surface area (Å²) in [6.45, 7) is 3.53. The fourth-order valence-corrected chi connectivity index (χ4v) is 1.52. The molecule has 4 nitrogen and oxygen atoms in total. The van der Waals surface area contributed by atoms with Crippen molar-refractivity contribution >= 4 is 11.8 Å². The van der Waals surface area contributed by atoms with Crippen molar-refractivity contribution in [2.75, 3.05) is 6.54 Å². The van der Waals surface area contributed by atoms with Gasteiger partial charge in [0, 0.05) is 11.6 Å². The molecule has 0 radical (unpaired) electrons. The molecule has 1 N–H and O–H groups in total. The van der Waals surface area contributed by atoms with Crippen LogP contribution in [0.2, 0.25) is 0 Å². The molecule has 0 heterocycles. The van der Waals surface area contributed by atoms with E-state index in [1.54, 1.807) is 38.1 Å². The van der Waals surface area contributed by atoms with Gasteiger partial charge in [-0.2, -0.15) is 0 Å². The molecule has 0 aliphatic carbocycles. The summed E-state index contributed by atoms with van der Waals surface area (Å²) in [5, 5.41) is 13.5. The fourth-order valence-electron chi connectivity index (χ4n) is 1.52. The Balaban J connectivity index is 2.56. The van der Waals surface area contributed by atoms with Gasteiger partial charge in [-0.25, -0.2) is 0 Å². The van der Waals surface area contributed by atoms with E-state index < -0.39 is 12.0 Å². The standard InChI is InChI=1S/C13H17NO3/c1-9(2)12(13(16)17)14-8-11(15)10-6-4-3-5-7-10/h3-7,9,12,14H,8H2,1-2H3,(H,16,17)/p-1. The molecule has 0 aliphatic heterocycles. The minimum atomic E-state index is -1.18. The number of aliphatic carboxylic acids is 1. The molecule has 0 saturated heterocycles. The van der Waals surface area contributed by atoms with E-state index in [1.165, 1.54) is 0 Å². The highest BCUT2D eigenvalue weighted by molar-refractivity contribution is 5.97. The molecule has 1 aromatic rings. The predicted octanol–water partition coefficient (Wildman–Crippen LogP) is 0.233. The van der Waals surface area contributed by atoms with Crippen LogP contribution in [0.1, 0.15) is 24.2 Å². The predicted molar refractivity (Wildman–Crippen MR) is 62.4 cm³/mol. The molecule has 4 heteroatoms. The Kier molecular flexibility index (Phi) is 4.84. The molecule has 0 saturated carbocycles. The monoisotopic (exact) mass is 234 g/mol. The number of carboxylic acid groups (broad SMARTS) is 1. The third kappa shape index (κ3) is 4.00. The fraction of sp³-hybridized carbons (Fsp3) is 0.385. The smallest absolute Gasteiger partial charge is 0.176 e. The van der Waals surface area contributed by atoms with E-state index in [0.29, 0.717) is 5.56 Å². The summed E-state index contributed by atoms with van der Waals surface area (Å²) in [6, 6.07) is 7.96. The molecule has 0 fully saturated rings. The quantitative estimate of drug-likeness (QED) is 0.715. The van der Waals surface area contributed by atoms with Crippen molar-refractivity contribution in [2.45, 2.75) is 19.9 Å². The number of carbonyl (C=O) groups is 2. The molecular formula is C13H16NO3-. The highest BCUT2D eigenvalue weighted by Crippen LogP contribution is 2.02. The van der Waals surface area contributed by atoms with Crippen LogP contribution in [0, 0.1) is 5.92 Å². The van der Waals surface area contributed by atoms with Gasteiger partial charge in [-0.1, -0.05) is 44.2 Å². The van der Waals surface area contributed by atoms with Gasteiger partial charge in [0.15, 0.2) is 5.78 Å². The van der Waals surface area contributed by atoms with Crippen LogP contribution in [0.3, 0.4) is 0 Å². The van der Waals surface area contributed by atoms with Crippen LogP contribution in [-0.4, -0.2) is 24.3 Å². The molecule has 92 valence electrons. The molecule has 0 bridgehead atoms. The number of benzene rings is 1. The Morgan fingerprint density at radius 2 is 1.82 bits per heavy atom. The number of carboxylic acids is 1. The van der Waals surface area contributed by atoms with Crippen molar-refractivity contribution in [3.8, 4) is 0 Å². The lowest BCUT2D eigenvalue weighted by Gasteiger charge is -2.22. The zero-order valence-electron chi connectivity index (χ0n) is 9.97. The highest BCUT2D eigenvalue weighted by atomic mass is 16.4. The van der Waals surface area contributed by atoms with Crippen molar-refractivity contribution in [3.05, 3.63) is 35.9 Å². The summed E-state index contributed by atoms with van der Waals surface area (Å²) in [5.41, 5.74) is 0.570. The van der Waals surface area contributed by atoms with E-state index in [2.05, 4.69) is 5.32 Å². The van der Waals surface area contributed by atoms with Gasteiger partial charge >= 0.3 is 0 Å². The third-order valence-electron chi connectivity index (χ3n) is 2.50. The summed E-state index contributed by atoms with van der Waals surface area (Å²) in [6.07, 6.45) is 0. The van der Waals surface area contributed by atoms with Crippen molar-refractivity contribution in [3.63, 3.8) is 0 Å². The minimum Gasteiger partial charge on any atom is -0.548 e. The Bertz CT molecular complexity index is 387. The third-order valence-corrected chi connectivity index (χ3v) is 2.50. The van der Waals surface area contributed by atoms with E-state index in [1.807, 2.05) is 6.07 Å². The molecule has 0 aliphatic rings. The van der Waals surface area contributed by atoms with Crippen LogP contribution < -0.4 is 10.4 Å². The summed E-state index contributed by atoms with van der Waals surface area (Å²) < 4.78 is 0. The number of nitrogens with one attached hydrogen (secondary N) is 1. The zero-order valence-corrected chi connectivity index (χ0v) is 9.97. The highest BCUT2D eigenvalue weighted by Gasteiger charge is 2.15. The van der Waals surface area contributed by atoms with Gasteiger partial charge < -0.3 is 15.2 Å². The van der Waals surface area contributed by atoms with Gasteiger partial charge in [0.1, 0.15) is 0 Å². The second kappa shape index (κ2) is 6.15. The lowest BCUT2D eigenvalue weighted by atomic mass is 10.0. The molecule has 17 heavy (non-hydrogen) atoms. The molecular weight excluding hydrogens is 218 g/mol. The summed E-state index contributed by atoms with van der Waals surface area (Å²) in [4.78, 5) is 22.5. The molecule has 1 atom stereocenters. The molecule has 0 spiro atoms. The van der Waals surface area contributed by atoms with Gasteiger partial charge in [0.25, 0.3) is 0 Å².